The molecule has 0 aliphatic carbocycles. The van der Waals surface area contributed by atoms with Gasteiger partial charge in [-0.1, -0.05) is 77.3 Å². The Bertz CT molecular complexity index is 1160. The number of nitrogens with zero attached hydrogens (tertiary/aromatic N) is 4. The Balaban J connectivity index is 1.76. The molecule has 0 aliphatic rings. The Morgan fingerprint density at radius 2 is 1.17 bits per heavy atom. The molecule has 5 aromatic rings. The van der Waals surface area contributed by atoms with Crippen molar-refractivity contribution in [3.63, 3.8) is 0 Å². The lowest BCUT2D eigenvalue weighted by Crippen LogP contribution is -2.35. The van der Waals surface area contributed by atoms with Crippen molar-refractivity contribution in [2.24, 2.45) is 0 Å². The highest BCUT2D eigenvalue weighted by molar-refractivity contribution is 8.17. The minimum absolute atomic E-state index is 0.623. The van der Waals surface area contributed by atoms with E-state index in [1.807, 2.05) is 47.1 Å². The quantitative estimate of drug-likeness (QED) is 0.255. The summed E-state index contributed by atoms with van der Waals surface area (Å²) in [6, 6.07) is 33.1. The van der Waals surface area contributed by atoms with Crippen LogP contribution in [0, 0.1) is 0 Å². The summed E-state index contributed by atoms with van der Waals surface area (Å²) in [7, 11) is 0. The lowest BCUT2D eigenvalue weighted by molar-refractivity contribution is 0.484. The average molecular weight is 415 g/mol. The van der Waals surface area contributed by atoms with Crippen LogP contribution in [0.15, 0.2) is 119 Å². The van der Waals surface area contributed by atoms with Gasteiger partial charge in [0, 0.05) is 22.2 Å². The van der Waals surface area contributed by atoms with Gasteiger partial charge in [-0.25, -0.2) is 0 Å². The molecule has 29 heavy (non-hydrogen) atoms. The van der Waals surface area contributed by atoms with E-state index in [9.17, 15) is 0 Å². The monoisotopic (exact) mass is 414 g/mol. The highest BCUT2D eigenvalue weighted by Gasteiger charge is 2.39. The first-order valence-electron chi connectivity index (χ1n) is 9.28. The van der Waals surface area contributed by atoms with E-state index in [1.165, 1.54) is 0 Å². The number of hydrogen-bond acceptors (Lipinski definition) is 4. The normalized spacial score (nSPS) is 11.7. The summed E-state index contributed by atoms with van der Waals surface area (Å²) in [6.45, 7) is 0. The van der Waals surface area contributed by atoms with Crippen LogP contribution in [-0.4, -0.2) is 19.6 Å². The van der Waals surface area contributed by atoms with Crippen molar-refractivity contribution < 1.29 is 0 Å². The minimum Gasteiger partial charge on any atom is -0.312 e. The van der Waals surface area contributed by atoms with Crippen LogP contribution in [-0.2, 0) is 4.33 Å². The summed E-state index contributed by atoms with van der Waals surface area (Å²) in [5.41, 5.74) is 1.87. The van der Waals surface area contributed by atoms with Gasteiger partial charge in [-0.05, 0) is 48.5 Å². The van der Waals surface area contributed by atoms with Gasteiger partial charge in [0.05, 0.1) is 5.52 Å². The fraction of sp³-hybridized carbons (Fsp3) is 0.0435. The highest BCUT2D eigenvalue weighted by atomic mass is 32.2. The third-order valence-corrected chi connectivity index (χ3v) is 7.35. The van der Waals surface area contributed by atoms with Crippen molar-refractivity contribution >= 4 is 34.6 Å². The molecule has 0 radical (unpaired) electrons. The van der Waals surface area contributed by atoms with Crippen LogP contribution in [0.4, 0.5) is 0 Å². The number of rotatable bonds is 6. The number of para-hydroxylation sites is 1. The van der Waals surface area contributed by atoms with Crippen molar-refractivity contribution in [2.45, 2.75) is 14.1 Å². The Kier molecular flexibility index (Phi) is 4.87. The molecule has 2 heterocycles. The van der Waals surface area contributed by atoms with Crippen LogP contribution in [0.25, 0.3) is 11.0 Å². The van der Waals surface area contributed by atoms with Gasteiger partial charge >= 0.3 is 0 Å². The molecule has 0 atom stereocenters. The molecular formula is C23H18N4S2. The maximum absolute atomic E-state index is 4.62. The Labute approximate surface area is 177 Å². The first-order valence-corrected chi connectivity index (χ1v) is 10.9. The summed E-state index contributed by atoms with van der Waals surface area (Å²) in [4.78, 5) is 2.31. The van der Waals surface area contributed by atoms with Gasteiger partial charge < -0.3 is 4.57 Å². The zero-order valence-corrected chi connectivity index (χ0v) is 17.1. The zero-order chi connectivity index (χ0) is 19.5. The molecule has 0 amide bonds. The van der Waals surface area contributed by atoms with E-state index in [0.717, 1.165) is 20.8 Å². The molecule has 0 aliphatic heterocycles. The van der Waals surface area contributed by atoms with Gasteiger partial charge in [-0.2, -0.15) is 4.68 Å². The van der Waals surface area contributed by atoms with Crippen LogP contribution in [0.3, 0.4) is 0 Å². The maximum atomic E-state index is 4.62. The summed E-state index contributed by atoms with van der Waals surface area (Å²) in [5.74, 6) is 0. The lowest BCUT2D eigenvalue weighted by atomic mass is 10.3. The van der Waals surface area contributed by atoms with Crippen molar-refractivity contribution in [2.75, 3.05) is 0 Å². The second-order valence-corrected chi connectivity index (χ2v) is 9.21. The SMILES string of the molecule is c1ccc(SC(Sc2ccccc2)(n2cccc2)n2nnc3ccccc32)cc1. The minimum atomic E-state index is -0.623. The maximum Gasteiger partial charge on any atom is 0.244 e. The third-order valence-electron chi connectivity index (χ3n) is 4.54. The molecule has 0 N–H and O–H groups in total. The van der Waals surface area contributed by atoms with Crippen molar-refractivity contribution in [3.8, 4) is 0 Å². The van der Waals surface area contributed by atoms with E-state index < -0.39 is 4.33 Å². The van der Waals surface area contributed by atoms with Gasteiger partial charge in [0.2, 0.25) is 4.33 Å². The molecule has 5 rings (SSSR count). The zero-order valence-electron chi connectivity index (χ0n) is 15.5. The van der Waals surface area contributed by atoms with E-state index in [4.69, 9.17) is 0 Å². The summed E-state index contributed by atoms with van der Waals surface area (Å²) in [6.07, 6.45) is 4.17. The Morgan fingerprint density at radius 3 is 1.79 bits per heavy atom. The Hall–Kier alpha value is -2.96. The smallest absolute Gasteiger partial charge is 0.244 e. The first kappa shape index (κ1) is 18.1. The molecule has 3 aromatic carbocycles. The number of benzene rings is 3. The molecule has 0 spiro atoms. The molecule has 4 nitrogen and oxygen atoms in total. The molecule has 2 aromatic heterocycles. The van der Waals surface area contributed by atoms with Gasteiger partial charge in [0.1, 0.15) is 5.52 Å². The number of thioether (sulfide) groups is 2. The predicted molar refractivity (Wildman–Crippen MR) is 120 cm³/mol. The topological polar surface area (TPSA) is 35.6 Å². The average Bonchev–Trinajstić information content (AvgIpc) is 3.46. The highest BCUT2D eigenvalue weighted by Crippen LogP contribution is 2.51. The van der Waals surface area contributed by atoms with E-state index >= 15 is 0 Å². The van der Waals surface area contributed by atoms with Crippen LogP contribution in [0.5, 0.6) is 0 Å². The van der Waals surface area contributed by atoms with Gasteiger partial charge in [0.25, 0.3) is 0 Å². The molecule has 0 saturated heterocycles. The second kappa shape index (κ2) is 7.81. The largest absolute Gasteiger partial charge is 0.312 e. The summed E-state index contributed by atoms with van der Waals surface area (Å²) in [5, 5.41) is 9.07. The molecule has 0 bridgehead atoms. The molecule has 142 valence electrons. The second-order valence-electron chi connectivity index (χ2n) is 6.46. The van der Waals surface area contributed by atoms with Gasteiger partial charge in [0.15, 0.2) is 0 Å². The fourth-order valence-electron chi connectivity index (χ4n) is 3.21. The van der Waals surface area contributed by atoms with Crippen molar-refractivity contribution in [1.82, 2.24) is 19.6 Å². The van der Waals surface area contributed by atoms with Crippen LogP contribution < -0.4 is 0 Å². The first-order chi connectivity index (χ1) is 14.4. The molecule has 6 heteroatoms. The standard InChI is InChI=1S/C23H18N4S2/c1-3-11-19(12-4-1)28-23(26-17-9-10-18-26,29-20-13-5-2-6-14-20)27-22-16-8-7-15-21(22)24-25-27/h1-18H. The molecule has 0 saturated carbocycles. The van der Waals surface area contributed by atoms with E-state index in [1.54, 1.807) is 23.5 Å². The molecule has 0 unspecified atom stereocenters. The summed E-state index contributed by atoms with van der Waals surface area (Å²) >= 11 is 3.50. The Morgan fingerprint density at radius 1 is 0.621 bits per heavy atom. The number of fused-ring (bicyclic) bond motifs is 1. The fourth-order valence-corrected chi connectivity index (χ4v) is 6.05. The number of hydrogen-bond donors (Lipinski definition) is 0. The van der Waals surface area contributed by atoms with E-state index in [2.05, 4.69) is 81.9 Å². The van der Waals surface area contributed by atoms with E-state index in [0.29, 0.717) is 0 Å². The van der Waals surface area contributed by atoms with Gasteiger partial charge in [-0.3, -0.25) is 0 Å². The van der Waals surface area contributed by atoms with Crippen LogP contribution in [0.1, 0.15) is 0 Å². The third kappa shape index (κ3) is 3.45. The lowest BCUT2D eigenvalue weighted by Gasteiger charge is -2.34. The van der Waals surface area contributed by atoms with Crippen LogP contribution in [0.2, 0.25) is 0 Å². The summed E-state index contributed by atoms with van der Waals surface area (Å²) < 4.78 is 3.60. The molecular weight excluding hydrogens is 396 g/mol. The predicted octanol–water partition coefficient (Wildman–Crippen LogP) is 5.93. The molecule has 0 fully saturated rings. The van der Waals surface area contributed by atoms with Gasteiger partial charge in [-0.15, -0.1) is 5.10 Å². The van der Waals surface area contributed by atoms with Crippen molar-refractivity contribution in [3.05, 3.63) is 109 Å². The van der Waals surface area contributed by atoms with E-state index in [-0.39, 0.29) is 0 Å². The number of aromatic nitrogens is 4. The van der Waals surface area contributed by atoms with Crippen molar-refractivity contribution in [1.29, 1.82) is 0 Å². The van der Waals surface area contributed by atoms with Crippen LogP contribution >= 0.6 is 23.5 Å².